The van der Waals surface area contributed by atoms with E-state index in [0.29, 0.717) is 28.1 Å². The maximum Gasteiger partial charge on any atom is 0.340 e. The molecule has 0 atom stereocenters. The Morgan fingerprint density at radius 2 is 2.19 bits per heavy atom. The number of hydrogen-bond donors (Lipinski definition) is 1. The van der Waals surface area contributed by atoms with Crippen LogP contribution in [-0.2, 0) is 16.1 Å². The average Bonchev–Trinajstić information content (AvgIpc) is 3.38. The Labute approximate surface area is 163 Å². The summed E-state index contributed by atoms with van der Waals surface area (Å²) in [5.41, 5.74) is 1.22. The number of rotatable bonds is 7. The van der Waals surface area contributed by atoms with Gasteiger partial charge in [-0.25, -0.2) is 4.79 Å². The van der Waals surface area contributed by atoms with Crippen molar-refractivity contribution in [1.82, 2.24) is 14.8 Å². The molecule has 1 N–H and O–H groups in total. The number of aromatic nitrogens is 3. The molecular weight excluding hydrogens is 388 g/mol. The van der Waals surface area contributed by atoms with Gasteiger partial charge in [-0.05, 0) is 31.4 Å². The zero-order valence-corrected chi connectivity index (χ0v) is 16.6. The van der Waals surface area contributed by atoms with Crippen molar-refractivity contribution >= 4 is 40.0 Å². The van der Waals surface area contributed by atoms with Gasteiger partial charge in [0.25, 0.3) is 0 Å². The molecule has 0 unspecified atom stereocenters. The molecule has 0 saturated carbocycles. The SMILES string of the molecule is CCn1c(SCC(=O)Nc2sccc2C(=O)OC)nnc1-c1ccoc1C. The summed E-state index contributed by atoms with van der Waals surface area (Å²) in [4.78, 5) is 24.0. The minimum absolute atomic E-state index is 0.140. The monoisotopic (exact) mass is 406 g/mol. The molecule has 0 radical (unpaired) electrons. The molecule has 3 heterocycles. The zero-order valence-electron chi connectivity index (χ0n) is 15.0. The van der Waals surface area contributed by atoms with Gasteiger partial charge in [-0.1, -0.05) is 11.8 Å². The fourth-order valence-electron chi connectivity index (χ4n) is 2.47. The quantitative estimate of drug-likeness (QED) is 0.474. The summed E-state index contributed by atoms with van der Waals surface area (Å²) in [6, 6.07) is 3.46. The van der Waals surface area contributed by atoms with Crippen LogP contribution in [0.1, 0.15) is 23.0 Å². The fourth-order valence-corrected chi connectivity index (χ4v) is 4.06. The van der Waals surface area contributed by atoms with Crippen LogP contribution in [0, 0.1) is 6.92 Å². The lowest BCUT2D eigenvalue weighted by Gasteiger charge is -2.07. The summed E-state index contributed by atoms with van der Waals surface area (Å²) in [6.07, 6.45) is 1.61. The Kier molecular flexibility index (Phi) is 5.97. The molecule has 0 aliphatic heterocycles. The Balaban J connectivity index is 1.68. The predicted molar refractivity (Wildman–Crippen MR) is 103 cm³/mol. The van der Waals surface area contributed by atoms with Gasteiger partial charge in [-0.15, -0.1) is 21.5 Å². The minimum Gasteiger partial charge on any atom is -0.469 e. The number of methoxy groups -OCH3 is 1. The van der Waals surface area contributed by atoms with Gasteiger partial charge in [0.05, 0.1) is 30.3 Å². The minimum atomic E-state index is -0.481. The van der Waals surface area contributed by atoms with Crippen LogP contribution in [0.4, 0.5) is 5.00 Å². The molecule has 3 aromatic heterocycles. The van der Waals surface area contributed by atoms with Crippen LogP contribution in [0.5, 0.6) is 0 Å². The summed E-state index contributed by atoms with van der Waals surface area (Å²) in [7, 11) is 1.30. The maximum absolute atomic E-state index is 12.3. The summed E-state index contributed by atoms with van der Waals surface area (Å²) in [5.74, 6) is 0.891. The van der Waals surface area contributed by atoms with Crippen molar-refractivity contribution in [3.05, 3.63) is 35.1 Å². The Morgan fingerprint density at radius 1 is 1.37 bits per heavy atom. The number of nitrogens with zero attached hydrogens (tertiary/aromatic N) is 3. The lowest BCUT2D eigenvalue weighted by atomic mass is 10.2. The van der Waals surface area contributed by atoms with E-state index in [2.05, 4.69) is 15.5 Å². The number of carbonyl (C=O) groups is 2. The number of esters is 1. The van der Waals surface area contributed by atoms with E-state index < -0.39 is 5.97 Å². The Bertz CT molecular complexity index is 960. The first-order valence-electron chi connectivity index (χ1n) is 8.11. The molecule has 3 aromatic rings. The van der Waals surface area contributed by atoms with E-state index in [1.54, 1.807) is 17.7 Å². The lowest BCUT2D eigenvalue weighted by molar-refractivity contribution is -0.113. The predicted octanol–water partition coefficient (Wildman–Crippen LogP) is 3.45. The van der Waals surface area contributed by atoms with Crippen LogP contribution in [0.15, 0.2) is 33.3 Å². The highest BCUT2D eigenvalue weighted by atomic mass is 32.2. The second-order valence-electron chi connectivity index (χ2n) is 5.43. The van der Waals surface area contributed by atoms with Gasteiger partial charge in [0.15, 0.2) is 11.0 Å². The molecule has 0 aromatic carbocycles. The average molecular weight is 406 g/mol. The third kappa shape index (κ3) is 4.06. The van der Waals surface area contributed by atoms with Gasteiger partial charge in [0.1, 0.15) is 10.8 Å². The van der Waals surface area contributed by atoms with Crippen molar-refractivity contribution in [3.8, 4) is 11.4 Å². The van der Waals surface area contributed by atoms with Crippen molar-refractivity contribution in [2.75, 3.05) is 18.2 Å². The molecule has 8 nitrogen and oxygen atoms in total. The van der Waals surface area contributed by atoms with Crippen LogP contribution in [-0.4, -0.2) is 39.5 Å². The third-order valence-corrected chi connectivity index (χ3v) is 5.59. The Morgan fingerprint density at radius 3 is 2.85 bits per heavy atom. The van der Waals surface area contributed by atoms with Crippen molar-refractivity contribution in [1.29, 1.82) is 0 Å². The number of furan rings is 1. The number of aryl methyl sites for hydroxylation is 1. The van der Waals surface area contributed by atoms with Gasteiger partial charge >= 0.3 is 5.97 Å². The van der Waals surface area contributed by atoms with Crippen molar-refractivity contribution in [3.63, 3.8) is 0 Å². The maximum atomic E-state index is 12.3. The number of anilines is 1. The second-order valence-corrected chi connectivity index (χ2v) is 7.29. The van der Waals surface area contributed by atoms with Gasteiger partial charge in [-0.3, -0.25) is 4.79 Å². The lowest BCUT2D eigenvalue weighted by Crippen LogP contribution is -2.16. The normalized spacial score (nSPS) is 10.8. The highest BCUT2D eigenvalue weighted by Gasteiger charge is 2.19. The first kappa shape index (κ1) is 19.2. The largest absolute Gasteiger partial charge is 0.469 e. The van der Waals surface area contributed by atoms with E-state index in [1.807, 2.05) is 24.5 Å². The standard InChI is InChI=1S/C17H18N4O4S2/c1-4-21-14(11-5-7-25-10(11)2)19-20-17(21)27-9-13(22)18-15-12(6-8-26-15)16(23)24-3/h5-8H,4,9H2,1-3H3,(H,18,22). The molecule has 142 valence electrons. The van der Waals surface area contributed by atoms with Gasteiger partial charge < -0.3 is 19.0 Å². The highest BCUT2D eigenvalue weighted by molar-refractivity contribution is 7.99. The zero-order chi connectivity index (χ0) is 19.4. The van der Waals surface area contributed by atoms with Crippen molar-refractivity contribution < 1.29 is 18.7 Å². The van der Waals surface area contributed by atoms with Crippen molar-refractivity contribution in [2.24, 2.45) is 0 Å². The fraction of sp³-hybridized carbons (Fsp3) is 0.294. The first-order chi connectivity index (χ1) is 13.0. The van der Waals surface area contributed by atoms with E-state index in [9.17, 15) is 9.59 Å². The molecule has 0 bridgehead atoms. The molecular formula is C17H18N4O4S2. The number of thiophene rings is 1. The number of thioether (sulfide) groups is 1. The third-order valence-electron chi connectivity index (χ3n) is 3.79. The van der Waals surface area contributed by atoms with E-state index in [4.69, 9.17) is 9.15 Å². The molecule has 27 heavy (non-hydrogen) atoms. The van der Waals surface area contributed by atoms with E-state index in [-0.39, 0.29) is 11.7 Å². The number of amides is 1. The van der Waals surface area contributed by atoms with Crippen LogP contribution in [0.3, 0.4) is 0 Å². The molecule has 10 heteroatoms. The van der Waals surface area contributed by atoms with E-state index in [0.717, 1.165) is 11.3 Å². The highest BCUT2D eigenvalue weighted by Crippen LogP contribution is 2.28. The molecule has 3 rings (SSSR count). The van der Waals surface area contributed by atoms with E-state index in [1.165, 1.54) is 30.2 Å². The molecule has 0 spiro atoms. The summed E-state index contributed by atoms with van der Waals surface area (Å²) < 4.78 is 12.0. The van der Waals surface area contributed by atoms with Crippen LogP contribution >= 0.6 is 23.1 Å². The summed E-state index contributed by atoms with van der Waals surface area (Å²) >= 11 is 2.55. The molecule has 1 amide bonds. The van der Waals surface area contributed by atoms with Crippen LogP contribution < -0.4 is 5.32 Å². The molecule has 0 fully saturated rings. The molecule has 0 saturated heterocycles. The van der Waals surface area contributed by atoms with Crippen LogP contribution in [0.2, 0.25) is 0 Å². The van der Waals surface area contributed by atoms with E-state index >= 15 is 0 Å². The number of nitrogens with one attached hydrogen (secondary N) is 1. The summed E-state index contributed by atoms with van der Waals surface area (Å²) in [6.45, 7) is 4.51. The molecule has 0 aliphatic rings. The number of hydrogen-bond acceptors (Lipinski definition) is 8. The smallest absolute Gasteiger partial charge is 0.340 e. The number of carbonyl (C=O) groups excluding carboxylic acids is 2. The van der Waals surface area contributed by atoms with Gasteiger partial charge in [0, 0.05) is 6.54 Å². The number of ether oxygens (including phenoxy) is 1. The van der Waals surface area contributed by atoms with Gasteiger partial charge in [0.2, 0.25) is 5.91 Å². The molecule has 0 aliphatic carbocycles. The van der Waals surface area contributed by atoms with Crippen molar-refractivity contribution in [2.45, 2.75) is 25.5 Å². The second kappa shape index (κ2) is 8.40. The summed E-state index contributed by atoms with van der Waals surface area (Å²) in [5, 5.41) is 14.0. The topological polar surface area (TPSA) is 99.2 Å². The Hall–Kier alpha value is -2.59. The van der Waals surface area contributed by atoms with Crippen LogP contribution in [0.25, 0.3) is 11.4 Å². The first-order valence-corrected chi connectivity index (χ1v) is 9.97. The van der Waals surface area contributed by atoms with Gasteiger partial charge in [-0.2, -0.15) is 0 Å².